The van der Waals surface area contributed by atoms with E-state index in [2.05, 4.69) is 25.3 Å². The Kier molecular flexibility index (Phi) is 3.06. The van der Waals surface area contributed by atoms with Gasteiger partial charge in [0.15, 0.2) is 0 Å². The molecule has 0 N–H and O–H groups in total. The number of amides is 1. The lowest BCUT2D eigenvalue weighted by Crippen LogP contribution is -2.62. The number of nitrogens with zero attached hydrogens (tertiary/aromatic N) is 2. The van der Waals surface area contributed by atoms with E-state index in [0.29, 0.717) is 11.5 Å². The first-order valence-electron chi connectivity index (χ1n) is 6.22. The molecular weight excluding hydrogens is 200 g/mol. The monoisotopic (exact) mass is 222 g/mol. The summed E-state index contributed by atoms with van der Waals surface area (Å²) < 4.78 is 0. The van der Waals surface area contributed by atoms with Crippen molar-refractivity contribution in [2.45, 2.75) is 32.7 Å². The SMILES string of the molecule is C=CC(=O)N1CC2(CCN(C(C)C)CC2)C1. The van der Waals surface area contributed by atoms with Crippen molar-refractivity contribution < 1.29 is 4.79 Å². The van der Waals surface area contributed by atoms with E-state index in [4.69, 9.17) is 0 Å². The second kappa shape index (κ2) is 4.21. The molecule has 0 bridgehead atoms. The number of likely N-dealkylation sites (tertiary alicyclic amines) is 2. The van der Waals surface area contributed by atoms with Gasteiger partial charge in [-0.05, 0) is 45.9 Å². The minimum atomic E-state index is 0.0944. The summed E-state index contributed by atoms with van der Waals surface area (Å²) in [6.07, 6.45) is 3.91. The Morgan fingerprint density at radius 2 is 1.88 bits per heavy atom. The molecule has 1 spiro atoms. The van der Waals surface area contributed by atoms with Crippen LogP contribution in [-0.2, 0) is 4.79 Å². The largest absolute Gasteiger partial charge is 0.338 e. The molecule has 16 heavy (non-hydrogen) atoms. The van der Waals surface area contributed by atoms with E-state index < -0.39 is 0 Å². The van der Waals surface area contributed by atoms with Crippen molar-refractivity contribution in [3.63, 3.8) is 0 Å². The zero-order valence-corrected chi connectivity index (χ0v) is 10.4. The fourth-order valence-corrected chi connectivity index (χ4v) is 2.88. The van der Waals surface area contributed by atoms with Crippen LogP contribution in [0.4, 0.5) is 0 Å². The zero-order valence-electron chi connectivity index (χ0n) is 10.4. The molecule has 0 unspecified atom stereocenters. The third kappa shape index (κ3) is 2.01. The summed E-state index contributed by atoms with van der Waals surface area (Å²) in [5.41, 5.74) is 0.435. The number of piperidine rings is 1. The molecule has 0 radical (unpaired) electrons. The maximum absolute atomic E-state index is 11.4. The molecule has 90 valence electrons. The highest BCUT2D eigenvalue weighted by Gasteiger charge is 2.46. The van der Waals surface area contributed by atoms with Crippen LogP contribution in [0.15, 0.2) is 12.7 Å². The van der Waals surface area contributed by atoms with Gasteiger partial charge in [0.05, 0.1) is 0 Å². The summed E-state index contributed by atoms with van der Waals surface area (Å²) in [4.78, 5) is 15.8. The minimum absolute atomic E-state index is 0.0944. The van der Waals surface area contributed by atoms with Crippen molar-refractivity contribution in [3.05, 3.63) is 12.7 Å². The molecule has 2 aliphatic heterocycles. The Balaban J connectivity index is 1.83. The summed E-state index contributed by atoms with van der Waals surface area (Å²) in [6.45, 7) is 12.3. The predicted molar refractivity (Wildman–Crippen MR) is 65.2 cm³/mol. The second-order valence-corrected chi connectivity index (χ2v) is 5.53. The van der Waals surface area contributed by atoms with Crippen LogP contribution in [0.3, 0.4) is 0 Å². The van der Waals surface area contributed by atoms with E-state index in [1.165, 1.54) is 32.0 Å². The number of rotatable bonds is 2. The van der Waals surface area contributed by atoms with E-state index in [9.17, 15) is 4.79 Å². The Hall–Kier alpha value is -0.830. The number of carbonyl (C=O) groups is 1. The van der Waals surface area contributed by atoms with Gasteiger partial charge in [-0.2, -0.15) is 0 Å². The fraction of sp³-hybridized carbons (Fsp3) is 0.769. The summed E-state index contributed by atoms with van der Waals surface area (Å²) >= 11 is 0. The summed E-state index contributed by atoms with van der Waals surface area (Å²) in [7, 11) is 0. The predicted octanol–water partition coefficient (Wildman–Crippen LogP) is 1.51. The quantitative estimate of drug-likeness (QED) is 0.661. The number of carbonyl (C=O) groups excluding carboxylic acids is 1. The van der Waals surface area contributed by atoms with Gasteiger partial charge >= 0.3 is 0 Å². The van der Waals surface area contributed by atoms with Crippen LogP contribution < -0.4 is 0 Å². The van der Waals surface area contributed by atoms with Crippen LogP contribution in [-0.4, -0.2) is 47.9 Å². The summed E-state index contributed by atoms with van der Waals surface area (Å²) in [6, 6.07) is 0.656. The third-order valence-corrected chi connectivity index (χ3v) is 4.13. The van der Waals surface area contributed by atoms with Crippen molar-refractivity contribution >= 4 is 5.91 Å². The first kappa shape index (κ1) is 11.6. The van der Waals surface area contributed by atoms with E-state index in [0.717, 1.165) is 13.1 Å². The smallest absolute Gasteiger partial charge is 0.245 e. The van der Waals surface area contributed by atoms with Gasteiger partial charge in [-0.1, -0.05) is 6.58 Å². The lowest BCUT2D eigenvalue weighted by molar-refractivity contribution is -0.141. The Bertz CT molecular complexity index is 282. The Labute approximate surface area is 98.1 Å². The van der Waals surface area contributed by atoms with Gasteiger partial charge < -0.3 is 9.80 Å². The highest BCUT2D eigenvalue weighted by Crippen LogP contribution is 2.40. The zero-order chi connectivity index (χ0) is 11.8. The Morgan fingerprint density at radius 3 is 2.31 bits per heavy atom. The standard InChI is InChI=1S/C13H22N2O/c1-4-12(16)15-9-13(10-15)5-7-14(8-6-13)11(2)3/h4,11H,1,5-10H2,2-3H3. The van der Waals surface area contributed by atoms with Crippen LogP contribution in [0.1, 0.15) is 26.7 Å². The molecule has 2 heterocycles. The molecule has 1 amide bonds. The van der Waals surface area contributed by atoms with Gasteiger partial charge in [0.25, 0.3) is 0 Å². The second-order valence-electron chi connectivity index (χ2n) is 5.53. The molecule has 0 aromatic rings. The van der Waals surface area contributed by atoms with Crippen LogP contribution in [0.5, 0.6) is 0 Å². The molecule has 2 aliphatic rings. The average Bonchev–Trinajstić information content (AvgIpc) is 2.25. The minimum Gasteiger partial charge on any atom is -0.338 e. The first-order valence-corrected chi connectivity index (χ1v) is 6.22. The molecular formula is C13H22N2O. The molecule has 2 rings (SSSR count). The lowest BCUT2D eigenvalue weighted by atomic mass is 9.72. The number of hydrogen-bond acceptors (Lipinski definition) is 2. The van der Waals surface area contributed by atoms with Crippen molar-refractivity contribution in [3.8, 4) is 0 Å². The maximum atomic E-state index is 11.4. The van der Waals surface area contributed by atoms with Gasteiger partial charge in [-0.25, -0.2) is 0 Å². The topological polar surface area (TPSA) is 23.6 Å². The maximum Gasteiger partial charge on any atom is 0.245 e. The number of hydrogen-bond donors (Lipinski definition) is 0. The van der Waals surface area contributed by atoms with Crippen LogP contribution in [0.25, 0.3) is 0 Å². The normalized spacial score (nSPS) is 24.6. The van der Waals surface area contributed by atoms with Gasteiger partial charge in [0.1, 0.15) is 0 Å². The van der Waals surface area contributed by atoms with Crippen molar-refractivity contribution in [2.75, 3.05) is 26.2 Å². The molecule has 0 atom stereocenters. The van der Waals surface area contributed by atoms with Crippen LogP contribution >= 0.6 is 0 Å². The van der Waals surface area contributed by atoms with Crippen molar-refractivity contribution in [2.24, 2.45) is 5.41 Å². The highest BCUT2D eigenvalue weighted by atomic mass is 16.2. The Morgan fingerprint density at radius 1 is 1.31 bits per heavy atom. The van der Waals surface area contributed by atoms with Crippen LogP contribution in [0, 0.1) is 5.41 Å². The molecule has 0 aromatic heterocycles. The van der Waals surface area contributed by atoms with Gasteiger partial charge in [0, 0.05) is 24.5 Å². The highest BCUT2D eigenvalue weighted by molar-refractivity contribution is 5.87. The van der Waals surface area contributed by atoms with Gasteiger partial charge in [-0.15, -0.1) is 0 Å². The van der Waals surface area contributed by atoms with E-state index in [1.807, 2.05) is 4.90 Å². The molecule has 0 aromatic carbocycles. The van der Waals surface area contributed by atoms with E-state index in [1.54, 1.807) is 0 Å². The van der Waals surface area contributed by atoms with Gasteiger partial charge in [-0.3, -0.25) is 4.79 Å². The molecule has 0 saturated carbocycles. The average molecular weight is 222 g/mol. The summed E-state index contributed by atoms with van der Waals surface area (Å²) in [5, 5.41) is 0. The first-order chi connectivity index (χ1) is 7.56. The lowest BCUT2D eigenvalue weighted by Gasteiger charge is -2.54. The van der Waals surface area contributed by atoms with Crippen LogP contribution in [0.2, 0.25) is 0 Å². The molecule has 3 heteroatoms. The fourth-order valence-electron chi connectivity index (χ4n) is 2.88. The third-order valence-electron chi connectivity index (χ3n) is 4.13. The molecule has 2 fully saturated rings. The van der Waals surface area contributed by atoms with Gasteiger partial charge in [0.2, 0.25) is 5.91 Å². The molecule has 3 nitrogen and oxygen atoms in total. The van der Waals surface area contributed by atoms with E-state index >= 15 is 0 Å². The summed E-state index contributed by atoms with van der Waals surface area (Å²) in [5.74, 6) is 0.0944. The molecule has 0 aliphatic carbocycles. The van der Waals surface area contributed by atoms with Crippen molar-refractivity contribution in [1.82, 2.24) is 9.80 Å². The van der Waals surface area contributed by atoms with Crippen molar-refractivity contribution in [1.29, 1.82) is 0 Å². The van der Waals surface area contributed by atoms with E-state index in [-0.39, 0.29) is 5.91 Å². The molecule has 2 saturated heterocycles.